The average Bonchev–Trinajstić information content (AvgIpc) is 2.51. The first-order chi connectivity index (χ1) is 10.6. The van der Waals surface area contributed by atoms with Crippen LogP contribution in [-0.2, 0) is 4.79 Å². The summed E-state index contributed by atoms with van der Waals surface area (Å²) >= 11 is 0. The predicted octanol–water partition coefficient (Wildman–Crippen LogP) is 2.04. The molecule has 1 aromatic heterocycles. The van der Waals surface area contributed by atoms with Gasteiger partial charge in [0, 0.05) is 32.3 Å². The van der Waals surface area contributed by atoms with Crippen LogP contribution in [0.4, 0.5) is 5.82 Å². The summed E-state index contributed by atoms with van der Waals surface area (Å²) in [5, 5.41) is 6.23. The fraction of sp³-hybridized carbons (Fsp3) is 0.647. The van der Waals surface area contributed by atoms with Crippen molar-refractivity contribution in [2.75, 3.05) is 38.5 Å². The molecule has 1 aliphatic heterocycles. The van der Waals surface area contributed by atoms with Gasteiger partial charge in [0.2, 0.25) is 5.91 Å². The van der Waals surface area contributed by atoms with Crippen molar-refractivity contribution in [3.8, 4) is 0 Å². The van der Waals surface area contributed by atoms with Crippen molar-refractivity contribution < 1.29 is 4.79 Å². The van der Waals surface area contributed by atoms with Gasteiger partial charge in [-0.2, -0.15) is 0 Å². The Balaban J connectivity index is 1.57. The lowest BCUT2D eigenvalue weighted by molar-refractivity contribution is -0.121. The predicted molar refractivity (Wildman–Crippen MR) is 89.9 cm³/mol. The lowest BCUT2D eigenvalue weighted by atomic mass is 9.93. The Morgan fingerprint density at radius 3 is 3.09 bits per heavy atom. The fourth-order valence-corrected chi connectivity index (χ4v) is 2.99. The molecule has 0 unspecified atom stereocenters. The van der Waals surface area contributed by atoms with Crippen molar-refractivity contribution in [3.63, 3.8) is 0 Å². The van der Waals surface area contributed by atoms with Gasteiger partial charge in [-0.15, -0.1) is 0 Å². The summed E-state index contributed by atoms with van der Waals surface area (Å²) in [7, 11) is 2.16. The number of hydrogen-bond donors (Lipinski definition) is 2. The van der Waals surface area contributed by atoms with Gasteiger partial charge in [0.25, 0.3) is 0 Å². The maximum absolute atomic E-state index is 11.9. The zero-order valence-electron chi connectivity index (χ0n) is 13.8. The van der Waals surface area contributed by atoms with Crippen molar-refractivity contribution in [2.24, 2.45) is 5.92 Å². The van der Waals surface area contributed by atoms with Crippen LogP contribution in [0, 0.1) is 12.8 Å². The number of carbonyl (C=O) groups excluding carboxylic acids is 1. The molecule has 0 saturated carbocycles. The molecule has 5 nitrogen and oxygen atoms in total. The van der Waals surface area contributed by atoms with Crippen LogP contribution >= 0.6 is 0 Å². The third-order valence-electron chi connectivity index (χ3n) is 4.25. The summed E-state index contributed by atoms with van der Waals surface area (Å²) in [4.78, 5) is 18.5. The molecule has 2 heterocycles. The highest BCUT2D eigenvalue weighted by molar-refractivity contribution is 5.75. The molecule has 22 heavy (non-hydrogen) atoms. The smallest absolute Gasteiger partial charge is 0.220 e. The second-order valence-electron chi connectivity index (χ2n) is 6.25. The molecule has 2 N–H and O–H groups in total. The summed E-state index contributed by atoms with van der Waals surface area (Å²) in [6, 6.07) is 3.94. The normalized spacial score (nSPS) is 18.9. The molecule has 0 radical (unpaired) electrons. The Hall–Kier alpha value is -1.62. The number of anilines is 1. The minimum atomic E-state index is 0.160. The summed E-state index contributed by atoms with van der Waals surface area (Å²) in [6.45, 7) is 5.69. The summed E-state index contributed by atoms with van der Waals surface area (Å²) in [5.41, 5.74) is 1.12. The van der Waals surface area contributed by atoms with Crippen molar-refractivity contribution in [3.05, 3.63) is 23.9 Å². The molecule has 0 aromatic carbocycles. The monoisotopic (exact) mass is 304 g/mol. The standard InChI is InChI=1S/C17H28N4O/c1-14-5-3-9-19-17(14)20-11-10-18-16(22)8-7-15-6-4-12-21(2)13-15/h3,5,9,15H,4,6-8,10-13H2,1-2H3,(H,18,22)(H,19,20)/t15-/m1/s1. The first kappa shape index (κ1) is 16.7. The molecule has 1 atom stereocenters. The number of hydrogen-bond acceptors (Lipinski definition) is 4. The molecular formula is C17H28N4O. The molecule has 1 aliphatic rings. The minimum absolute atomic E-state index is 0.160. The molecule has 0 aliphatic carbocycles. The number of carbonyl (C=O) groups is 1. The van der Waals surface area contributed by atoms with Crippen LogP contribution in [0.5, 0.6) is 0 Å². The van der Waals surface area contributed by atoms with Crippen molar-refractivity contribution >= 4 is 11.7 Å². The lowest BCUT2D eigenvalue weighted by Crippen LogP contribution is -2.33. The van der Waals surface area contributed by atoms with E-state index >= 15 is 0 Å². The van der Waals surface area contributed by atoms with E-state index in [1.54, 1.807) is 6.20 Å². The van der Waals surface area contributed by atoms with Gasteiger partial charge in [0.1, 0.15) is 5.82 Å². The van der Waals surface area contributed by atoms with Crippen LogP contribution in [0.15, 0.2) is 18.3 Å². The van der Waals surface area contributed by atoms with Gasteiger partial charge in [-0.05, 0) is 57.3 Å². The molecule has 0 bridgehead atoms. The van der Waals surface area contributed by atoms with E-state index in [2.05, 4.69) is 27.6 Å². The fourth-order valence-electron chi connectivity index (χ4n) is 2.99. The summed E-state index contributed by atoms with van der Waals surface area (Å²) in [6.07, 6.45) is 5.94. The Bertz CT molecular complexity index is 477. The number of likely N-dealkylation sites (tertiary alicyclic amines) is 1. The highest BCUT2D eigenvalue weighted by atomic mass is 16.1. The zero-order valence-corrected chi connectivity index (χ0v) is 13.8. The van der Waals surface area contributed by atoms with E-state index in [1.165, 1.54) is 19.4 Å². The van der Waals surface area contributed by atoms with Crippen LogP contribution in [0.3, 0.4) is 0 Å². The zero-order chi connectivity index (χ0) is 15.8. The highest BCUT2D eigenvalue weighted by Gasteiger charge is 2.17. The number of rotatable bonds is 7. The molecule has 5 heteroatoms. The number of nitrogens with zero attached hydrogens (tertiary/aromatic N) is 2. The molecule has 1 saturated heterocycles. The van der Waals surface area contributed by atoms with E-state index in [0.717, 1.165) is 24.3 Å². The van der Waals surface area contributed by atoms with E-state index in [1.807, 2.05) is 19.1 Å². The van der Waals surface area contributed by atoms with Gasteiger partial charge in [-0.1, -0.05) is 6.07 Å². The highest BCUT2D eigenvalue weighted by Crippen LogP contribution is 2.19. The molecule has 122 valence electrons. The van der Waals surface area contributed by atoms with Crippen LogP contribution < -0.4 is 10.6 Å². The average molecular weight is 304 g/mol. The molecule has 1 amide bonds. The largest absolute Gasteiger partial charge is 0.368 e. The van der Waals surface area contributed by atoms with E-state index in [9.17, 15) is 4.79 Å². The van der Waals surface area contributed by atoms with E-state index in [0.29, 0.717) is 25.4 Å². The third kappa shape index (κ3) is 5.64. The van der Waals surface area contributed by atoms with Crippen molar-refractivity contribution in [2.45, 2.75) is 32.6 Å². The van der Waals surface area contributed by atoms with Crippen LogP contribution in [-0.4, -0.2) is 49.0 Å². The second-order valence-corrected chi connectivity index (χ2v) is 6.25. The number of pyridine rings is 1. The number of aromatic nitrogens is 1. The Labute approximate surface area is 133 Å². The number of nitrogens with one attached hydrogen (secondary N) is 2. The molecule has 0 spiro atoms. The number of aryl methyl sites for hydroxylation is 1. The second kappa shape index (κ2) is 8.73. The Kier molecular flexibility index (Phi) is 6.65. The quantitative estimate of drug-likeness (QED) is 0.757. The van der Waals surface area contributed by atoms with Gasteiger partial charge in [-0.3, -0.25) is 4.79 Å². The van der Waals surface area contributed by atoms with Gasteiger partial charge < -0.3 is 15.5 Å². The number of piperidine rings is 1. The molecule has 1 fully saturated rings. The van der Waals surface area contributed by atoms with Crippen LogP contribution in [0.1, 0.15) is 31.2 Å². The first-order valence-electron chi connectivity index (χ1n) is 8.26. The van der Waals surface area contributed by atoms with Crippen LogP contribution in [0.25, 0.3) is 0 Å². The van der Waals surface area contributed by atoms with E-state index in [-0.39, 0.29) is 5.91 Å². The Morgan fingerprint density at radius 2 is 2.32 bits per heavy atom. The van der Waals surface area contributed by atoms with Crippen molar-refractivity contribution in [1.82, 2.24) is 15.2 Å². The summed E-state index contributed by atoms with van der Waals surface area (Å²) in [5.74, 6) is 1.73. The molecule has 1 aromatic rings. The molecular weight excluding hydrogens is 276 g/mol. The topological polar surface area (TPSA) is 57.3 Å². The lowest BCUT2D eigenvalue weighted by Gasteiger charge is -2.29. The van der Waals surface area contributed by atoms with Crippen molar-refractivity contribution in [1.29, 1.82) is 0 Å². The number of amides is 1. The van der Waals surface area contributed by atoms with Gasteiger partial charge in [0.15, 0.2) is 0 Å². The first-order valence-corrected chi connectivity index (χ1v) is 8.26. The van der Waals surface area contributed by atoms with E-state index < -0.39 is 0 Å². The van der Waals surface area contributed by atoms with Gasteiger partial charge in [0.05, 0.1) is 0 Å². The Morgan fingerprint density at radius 1 is 1.45 bits per heavy atom. The van der Waals surface area contributed by atoms with Gasteiger partial charge >= 0.3 is 0 Å². The van der Waals surface area contributed by atoms with E-state index in [4.69, 9.17) is 0 Å². The summed E-state index contributed by atoms with van der Waals surface area (Å²) < 4.78 is 0. The SMILES string of the molecule is Cc1cccnc1NCCNC(=O)CC[C@H]1CCCN(C)C1. The molecule has 2 rings (SSSR count). The maximum Gasteiger partial charge on any atom is 0.220 e. The van der Waals surface area contributed by atoms with Gasteiger partial charge in [-0.25, -0.2) is 4.98 Å². The minimum Gasteiger partial charge on any atom is -0.368 e. The third-order valence-corrected chi connectivity index (χ3v) is 4.25. The van der Waals surface area contributed by atoms with Crippen LogP contribution in [0.2, 0.25) is 0 Å². The maximum atomic E-state index is 11.9.